The third-order valence-corrected chi connectivity index (χ3v) is 5.67. The molecule has 0 unspecified atom stereocenters. The van der Waals surface area contributed by atoms with Gasteiger partial charge in [0.25, 0.3) is 5.91 Å². The molecule has 1 heterocycles. The molecule has 5 nitrogen and oxygen atoms in total. The lowest BCUT2D eigenvalue weighted by molar-refractivity contribution is -0.114. The molecule has 0 atom stereocenters. The van der Waals surface area contributed by atoms with Crippen LogP contribution >= 0.6 is 23.2 Å². The summed E-state index contributed by atoms with van der Waals surface area (Å²) in [7, 11) is 0. The van der Waals surface area contributed by atoms with Crippen molar-refractivity contribution in [2.24, 2.45) is 5.10 Å². The maximum atomic E-state index is 13.1. The first-order valence-electron chi connectivity index (χ1n) is 9.98. The topological polar surface area (TPSA) is 45.1 Å². The number of halogens is 2. The summed E-state index contributed by atoms with van der Waals surface area (Å²) < 4.78 is 5.87. The third kappa shape index (κ3) is 4.47. The summed E-state index contributed by atoms with van der Waals surface area (Å²) in [5, 5.41) is 6.56. The number of nitrogens with zero attached hydrogens (tertiary/aromatic N) is 3. The molecule has 158 valence electrons. The number of ether oxygens (including phenoxy) is 1. The van der Waals surface area contributed by atoms with Crippen LogP contribution < -0.4 is 14.6 Å². The molecule has 3 rings (SSSR count). The molecule has 0 aliphatic carbocycles. The van der Waals surface area contributed by atoms with Crippen LogP contribution in [0.15, 0.2) is 47.1 Å². The smallest absolute Gasteiger partial charge is 0.280 e. The molecule has 1 aliphatic heterocycles. The highest BCUT2D eigenvalue weighted by Gasteiger charge is 2.29. The van der Waals surface area contributed by atoms with Gasteiger partial charge in [-0.25, -0.2) is 0 Å². The Balaban J connectivity index is 1.97. The van der Waals surface area contributed by atoms with Crippen molar-refractivity contribution in [3.63, 3.8) is 0 Å². The molecule has 7 heteroatoms. The van der Waals surface area contributed by atoms with Crippen molar-refractivity contribution in [3.05, 3.63) is 57.6 Å². The van der Waals surface area contributed by atoms with Crippen LogP contribution in [0.3, 0.4) is 0 Å². The first kappa shape index (κ1) is 22.2. The van der Waals surface area contributed by atoms with E-state index in [4.69, 9.17) is 27.9 Å². The Morgan fingerprint density at radius 2 is 1.80 bits per heavy atom. The summed E-state index contributed by atoms with van der Waals surface area (Å²) in [5.74, 6) is 0.518. The summed E-state index contributed by atoms with van der Waals surface area (Å²) in [5.41, 5.74) is 3.63. The van der Waals surface area contributed by atoms with Gasteiger partial charge in [0.1, 0.15) is 5.75 Å². The highest BCUT2D eigenvalue weighted by Crippen LogP contribution is 2.33. The van der Waals surface area contributed by atoms with Gasteiger partial charge in [0.2, 0.25) is 0 Å². The molecule has 2 aromatic rings. The van der Waals surface area contributed by atoms with Crippen LogP contribution in [0.4, 0.5) is 11.4 Å². The van der Waals surface area contributed by atoms with Crippen molar-refractivity contribution in [2.75, 3.05) is 29.6 Å². The van der Waals surface area contributed by atoms with E-state index in [9.17, 15) is 4.79 Å². The average Bonchev–Trinajstić information content (AvgIpc) is 3.01. The number of hydrazone groups is 1. The molecule has 0 spiro atoms. The minimum atomic E-state index is -0.221. The average molecular weight is 446 g/mol. The van der Waals surface area contributed by atoms with Gasteiger partial charge in [-0.1, -0.05) is 23.2 Å². The van der Waals surface area contributed by atoms with Crippen molar-refractivity contribution in [1.82, 2.24) is 0 Å². The van der Waals surface area contributed by atoms with Crippen molar-refractivity contribution < 1.29 is 9.53 Å². The molecule has 1 aliphatic rings. The van der Waals surface area contributed by atoms with E-state index in [0.717, 1.165) is 30.1 Å². The van der Waals surface area contributed by atoms with Crippen LogP contribution in [0.5, 0.6) is 5.75 Å². The van der Waals surface area contributed by atoms with E-state index in [1.165, 1.54) is 5.01 Å². The first-order chi connectivity index (χ1) is 14.4. The first-order valence-corrected chi connectivity index (χ1v) is 10.7. The van der Waals surface area contributed by atoms with Crippen molar-refractivity contribution in [1.29, 1.82) is 0 Å². The van der Waals surface area contributed by atoms with E-state index in [2.05, 4.69) is 23.8 Å². The number of rotatable bonds is 7. The summed E-state index contributed by atoms with van der Waals surface area (Å²) in [4.78, 5) is 15.3. The number of hydrogen-bond donors (Lipinski definition) is 0. The standard InChI is InChI=1S/C23H25Cl2N3O2/c1-5-27(6-2)17-9-8-16(22(14-17)30-7-3)12-19-15(4)26-28(23(19)29)18-10-11-20(24)21(25)13-18/h8-14H,5-7H2,1-4H3/b19-12-. The highest BCUT2D eigenvalue weighted by molar-refractivity contribution is 6.42. The van der Waals surface area contributed by atoms with Gasteiger partial charge >= 0.3 is 0 Å². The molecule has 30 heavy (non-hydrogen) atoms. The van der Waals surface area contributed by atoms with Gasteiger partial charge in [0.05, 0.1) is 33.6 Å². The molecule has 0 saturated heterocycles. The highest BCUT2D eigenvalue weighted by atomic mass is 35.5. The minimum Gasteiger partial charge on any atom is -0.493 e. The number of benzene rings is 2. The largest absolute Gasteiger partial charge is 0.493 e. The minimum absolute atomic E-state index is 0.221. The van der Waals surface area contributed by atoms with Crippen molar-refractivity contribution >= 4 is 52.3 Å². The van der Waals surface area contributed by atoms with Gasteiger partial charge in [-0.15, -0.1) is 0 Å². The van der Waals surface area contributed by atoms with Crippen LogP contribution in [-0.4, -0.2) is 31.3 Å². The van der Waals surface area contributed by atoms with E-state index in [-0.39, 0.29) is 5.91 Å². The second-order valence-corrected chi connectivity index (χ2v) is 7.60. The maximum Gasteiger partial charge on any atom is 0.280 e. The fourth-order valence-corrected chi connectivity index (χ4v) is 3.63. The number of anilines is 2. The lowest BCUT2D eigenvalue weighted by Crippen LogP contribution is -2.22. The monoisotopic (exact) mass is 445 g/mol. The zero-order valence-electron chi connectivity index (χ0n) is 17.6. The second-order valence-electron chi connectivity index (χ2n) is 6.79. The Labute approximate surface area is 187 Å². The molecule has 0 bridgehead atoms. The number of carbonyl (C=O) groups excluding carboxylic acids is 1. The molecule has 0 saturated carbocycles. The fraction of sp³-hybridized carbons (Fsp3) is 0.304. The Kier molecular flexibility index (Phi) is 7.06. The van der Waals surface area contributed by atoms with E-state index in [0.29, 0.717) is 33.6 Å². The summed E-state index contributed by atoms with van der Waals surface area (Å²) in [6, 6.07) is 11.0. The quantitative estimate of drug-likeness (QED) is 0.487. The molecule has 0 aromatic heterocycles. The lowest BCUT2D eigenvalue weighted by atomic mass is 10.1. The van der Waals surface area contributed by atoms with Crippen LogP contribution in [0.2, 0.25) is 10.0 Å². The fourth-order valence-electron chi connectivity index (χ4n) is 3.34. The summed E-state index contributed by atoms with van der Waals surface area (Å²) in [6.07, 6.45) is 1.83. The van der Waals surface area contributed by atoms with Crippen LogP contribution in [0.25, 0.3) is 6.08 Å². The van der Waals surface area contributed by atoms with Crippen molar-refractivity contribution in [2.45, 2.75) is 27.7 Å². The Morgan fingerprint density at radius 1 is 1.07 bits per heavy atom. The van der Waals surface area contributed by atoms with Gasteiger partial charge in [-0.2, -0.15) is 10.1 Å². The molecular weight excluding hydrogens is 421 g/mol. The van der Waals surface area contributed by atoms with Gasteiger partial charge in [0.15, 0.2) is 0 Å². The third-order valence-electron chi connectivity index (χ3n) is 4.94. The van der Waals surface area contributed by atoms with Crippen LogP contribution in [0.1, 0.15) is 33.3 Å². The van der Waals surface area contributed by atoms with Gasteiger partial charge in [0, 0.05) is 30.4 Å². The maximum absolute atomic E-state index is 13.1. The van der Waals surface area contributed by atoms with Crippen LogP contribution in [-0.2, 0) is 4.79 Å². The zero-order chi connectivity index (χ0) is 21.8. The van der Waals surface area contributed by atoms with Gasteiger partial charge < -0.3 is 9.64 Å². The zero-order valence-corrected chi connectivity index (χ0v) is 19.1. The predicted octanol–water partition coefficient (Wildman–Crippen LogP) is 6.04. The summed E-state index contributed by atoms with van der Waals surface area (Å²) in [6.45, 7) is 10.3. The lowest BCUT2D eigenvalue weighted by Gasteiger charge is -2.22. The Bertz CT molecular complexity index is 1010. The van der Waals surface area contributed by atoms with Crippen molar-refractivity contribution in [3.8, 4) is 5.75 Å². The number of carbonyl (C=O) groups is 1. The van der Waals surface area contributed by atoms with E-state index < -0.39 is 0 Å². The Morgan fingerprint density at radius 3 is 2.43 bits per heavy atom. The molecule has 0 N–H and O–H groups in total. The molecular formula is C23H25Cl2N3O2. The summed E-state index contributed by atoms with van der Waals surface area (Å²) >= 11 is 12.1. The number of amides is 1. The van der Waals surface area contributed by atoms with Gasteiger partial charge in [-0.05, 0) is 64.1 Å². The normalized spacial score (nSPS) is 15.0. The van der Waals surface area contributed by atoms with Gasteiger partial charge in [-0.3, -0.25) is 4.79 Å². The van der Waals surface area contributed by atoms with E-state index in [1.807, 2.05) is 38.1 Å². The SMILES string of the molecule is CCOc1cc(N(CC)CC)ccc1/C=C1\C(=O)N(c2ccc(Cl)c(Cl)c2)N=C1C. The molecule has 0 fully saturated rings. The van der Waals surface area contributed by atoms with E-state index >= 15 is 0 Å². The molecule has 0 radical (unpaired) electrons. The van der Waals surface area contributed by atoms with E-state index in [1.54, 1.807) is 18.2 Å². The molecule has 2 aromatic carbocycles. The number of hydrogen-bond acceptors (Lipinski definition) is 4. The Hall–Kier alpha value is -2.50. The second kappa shape index (κ2) is 9.54. The molecule has 1 amide bonds. The predicted molar refractivity (Wildman–Crippen MR) is 126 cm³/mol. The van der Waals surface area contributed by atoms with Crippen LogP contribution in [0, 0.1) is 0 Å².